The average molecular weight is 299 g/mol. The monoisotopic (exact) mass is 299 g/mol. The number of amides is 1. The van der Waals surface area contributed by atoms with E-state index in [0.717, 1.165) is 22.8 Å². The van der Waals surface area contributed by atoms with Crippen LogP contribution in [-0.4, -0.2) is 12.7 Å². The molecule has 114 valence electrons. The molecule has 1 aliphatic rings. The zero-order chi connectivity index (χ0) is 15.5. The minimum Gasteiger partial charge on any atom is -0.464 e. The summed E-state index contributed by atoms with van der Waals surface area (Å²) in [7, 11) is 0. The van der Waals surface area contributed by atoms with Crippen molar-refractivity contribution in [3.63, 3.8) is 0 Å². The molecular formula is C17H17NO4. The van der Waals surface area contributed by atoms with Crippen molar-refractivity contribution in [2.45, 2.75) is 19.9 Å². The third-order valence-corrected chi connectivity index (χ3v) is 3.37. The molecule has 2 aromatic rings. The van der Waals surface area contributed by atoms with Gasteiger partial charge in [-0.25, -0.2) is 0 Å². The SMILES string of the molecule is Cc1ccc(C(C)NC(=O)/C=C/c2ccc3c(c2)OCO3)o1. The number of benzene rings is 1. The summed E-state index contributed by atoms with van der Waals surface area (Å²) >= 11 is 0. The van der Waals surface area contributed by atoms with Crippen LogP contribution in [0.2, 0.25) is 0 Å². The molecule has 0 radical (unpaired) electrons. The Morgan fingerprint density at radius 3 is 2.82 bits per heavy atom. The van der Waals surface area contributed by atoms with Crippen molar-refractivity contribution in [3.8, 4) is 11.5 Å². The average Bonchev–Trinajstić information content (AvgIpc) is 3.13. The summed E-state index contributed by atoms with van der Waals surface area (Å²) in [6, 6.07) is 9.10. The molecule has 3 rings (SSSR count). The zero-order valence-electron chi connectivity index (χ0n) is 12.5. The number of carbonyl (C=O) groups excluding carboxylic acids is 1. The highest BCUT2D eigenvalue weighted by Crippen LogP contribution is 2.32. The molecule has 0 saturated carbocycles. The maximum Gasteiger partial charge on any atom is 0.244 e. The zero-order valence-corrected chi connectivity index (χ0v) is 12.5. The quantitative estimate of drug-likeness (QED) is 0.881. The number of furan rings is 1. The fraction of sp³-hybridized carbons (Fsp3) is 0.235. The largest absolute Gasteiger partial charge is 0.464 e. The normalized spacial score (nSPS) is 14.3. The number of rotatable bonds is 4. The molecule has 1 aliphatic heterocycles. The first-order valence-corrected chi connectivity index (χ1v) is 7.06. The number of hydrogen-bond donors (Lipinski definition) is 1. The Balaban J connectivity index is 1.61. The first-order valence-electron chi connectivity index (χ1n) is 7.06. The van der Waals surface area contributed by atoms with Gasteiger partial charge in [-0.3, -0.25) is 4.79 Å². The van der Waals surface area contributed by atoms with Crippen molar-refractivity contribution >= 4 is 12.0 Å². The topological polar surface area (TPSA) is 60.7 Å². The van der Waals surface area contributed by atoms with Crippen LogP contribution in [0.4, 0.5) is 0 Å². The lowest BCUT2D eigenvalue weighted by Gasteiger charge is -2.09. The first kappa shape index (κ1) is 14.3. The van der Waals surface area contributed by atoms with Gasteiger partial charge in [0.05, 0.1) is 6.04 Å². The molecule has 1 amide bonds. The van der Waals surface area contributed by atoms with Gasteiger partial charge >= 0.3 is 0 Å². The van der Waals surface area contributed by atoms with Crippen LogP contribution < -0.4 is 14.8 Å². The lowest BCUT2D eigenvalue weighted by molar-refractivity contribution is -0.117. The number of carbonyl (C=O) groups is 1. The van der Waals surface area contributed by atoms with Crippen LogP contribution in [-0.2, 0) is 4.79 Å². The smallest absolute Gasteiger partial charge is 0.244 e. The van der Waals surface area contributed by atoms with E-state index in [0.29, 0.717) is 5.75 Å². The van der Waals surface area contributed by atoms with Gasteiger partial charge in [0.1, 0.15) is 11.5 Å². The summed E-state index contributed by atoms with van der Waals surface area (Å²) in [4.78, 5) is 11.9. The Bertz CT molecular complexity index is 717. The second-order valence-corrected chi connectivity index (χ2v) is 5.12. The van der Waals surface area contributed by atoms with Gasteiger partial charge in [0, 0.05) is 6.08 Å². The van der Waals surface area contributed by atoms with E-state index in [1.807, 2.05) is 44.2 Å². The number of ether oxygens (including phenoxy) is 2. The van der Waals surface area contributed by atoms with E-state index in [1.165, 1.54) is 6.08 Å². The Kier molecular flexibility index (Phi) is 3.87. The van der Waals surface area contributed by atoms with Crippen LogP contribution >= 0.6 is 0 Å². The highest BCUT2D eigenvalue weighted by molar-refractivity contribution is 5.92. The van der Waals surface area contributed by atoms with Gasteiger partial charge in [-0.2, -0.15) is 0 Å². The molecule has 1 aromatic heterocycles. The van der Waals surface area contributed by atoms with Crippen molar-refractivity contribution in [3.05, 3.63) is 53.5 Å². The molecule has 1 atom stereocenters. The maximum atomic E-state index is 11.9. The van der Waals surface area contributed by atoms with Crippen LogP contribution in [0.1, 0.15) is 30.0 Å². The molecule has 1 unspecified atom stereocenters. The van der Waals surface area contributed by atoms with Crippen molar-refractivity contribution < 1.29 is 18.7 Å². The Morgan fingerprint density at radius 1 is 1.23 bits per heavy atom. The van der Waals surface area contributed by atoms with Gasteiger partial charge in [0.25, 0.3) is 0 Å². The summed E-state index contributed by atoms with van der Waals surface area (Å²) in [6.45, 7) is 3.99. The van der Waals surface area contributed by atoms with Crippen LogP contribution in [0.25, 0.3) is 6.08 Å². The van der Waals surface area contributed by atoms with Gasteiger partial charge in [0.15, 0.2) is 11.5 Å². The maximum absolute atomic E-state index is 11.9. The Morgan fingerprint density at radius 2 is 2.05 bits per heavy atom. The third kappa shape index (κ3) is 3.14. The fourth-order valence-corrected chi connectivity index (χ4v) is 2.21. The molecule has 5 nitrogen and oxygen atoms in total. The molecule has 5 heteroatoms. The van der Waals surface area contributed by atoms with E-state index >= 15 is 0 Å². The fourth-order valence-electron chi connectivity index (χ4n) is 2.21. The second-order valence-electron chi connectivity index (χ2n) is 5.12. The summed E-state index contributed by atoms with van der Waals surface area (Å²) in [6.07, 6.45) is 3.22. The molecule has 0 bridgehead atoms. The van der Waals surface area contributed by atoms with Crippen molar-refractivity contribution in [1.82, 2.24) is 5.32 Å². The van der Waals surface area contributed by atoms with Crippen molar-refractivity contribution in [2.75, 3.05) is 6.79 Å². The summed E-state index contributed by atoms with van der Waals surface area (Å²) < 4.78 is 16.0. The molecule has 22 heavy (non-hydrogen) atoms. The van der Waals surface area contributed by atoms with E-state index in [-0.39, 0.29) is 18.7 Å². The summed E-state index contributed by atoms with van der Waals surface area (Å²) in [5.74, 6) is 2.80. The molecule has 1 N–H and O–H groups in total. The molecular weight excluding hydrogens is 282 g/mol. The Hall–Kier alpha value is -2.69. The number of fused-ring (bicyclic) bond motifs is 1. The third-order valence-electron chi connectivity index (χ3n) is 3.37. The molecule has 0 saturated heterocycles. The second kappa shape index (κ2) is 5.97. The summed E-state index contributed by atoms with van der Waals surface area (Å²) in [5.41, 5.74) is 0.876. The molecule has 0 aliphatic carbocycles. The summed E-state index contributed by atoms with van der Waals surface area (Å²) in [5, 5.41) is 2.86. The first-order chi connectivity index (χ1) is 10.6. The van der Waals surface area contributed by atoms with Gasteiger partial charge in [-0.1, -0.05) is 6.07 Å². The van der Waals surface area contributed by atoms with Crippen LogP contribution in [0, 0.1) is 6.92 Å². The van der Waals surface area contributed by atoms with Gasteiger partial charge in [-0.15, -0.1) is 0 Å². The van der Waals surface area contributed by atoms with Crippen LogP contribution in [0.15, 0.2) is 40.8 Å². The number of hydrogen-bond acceptors (Lipinski definition) is 4. The molecule has 0 fully saturated rings. The highest BCUT2D eigenvalue weighted by Gasteiger charge is 2.13. The standard InChI is InChI=1S/C17H17NO4/c1-11-3-6-14(22-11)12(2)18-17(19)8-5-13-4-7-15-16(9-13)21-10-20-15/h3-9,12H,10H2,1-2H3,(H,18,19)/b8-5+. The lowest BCUT2D eigenvalue weighted by atomic mass is 10.2. The van der Waals surface area contributed by atoms with E-state index in [9.17, 15) is 4.79 Å². The number of aryl methyl sites for hydroxylation is 1. The van der Waals surface area contributed by atoms with Gasteiger partial charge in [0.2, 0.25) is 12.7 Å². The van der Waals surface area contributed by atoms with E-state index < -0.39 is 0 Å². The van der Waals surface area contributed by atoms with Crippen LogP contribution in [0.5, 0.6) is 11.5 Å². The van der Waals surface area contributed by atoms with E-state index in [4.69, 9.17) is 13.9 Å². The predicted molar refractivity (Wildman–Crippen MR) is 81.6 cm³/mol. The van der Waals surface area contributed by atoms with E-state index in [1.54, 1.807) is 6.08 Å². The number of nitrogens with one attached hydrogen (secondary N) is 1. The minimum atomic E-state index is -0.181. The van der Waals surface area contributed by atoms with Crippen molar-refractivity contribution in [1.29, 1.82) is 0 Å². The van der Waals surface area contributed by atoms with Crippen LogP contribution in [0.3, 0.4) is 0 Å². The lowest BCUT2D eigenvalue weighted by Crippen LogP contribution is -2.24. The highest BCUT2D eigenvalue weighted by atomic mass is 16.7. The Labute approximate surface area is 128 Å². The molecule has 1 aromatic carbocycles. The van der Waals surface area contributed by atoms with Gasteiger partial charge < -0.3 is 19.2 Å². The predicted octanol–water partition coefficient (Wildman–Crippen LogP) is 3.21. The molecule has 2 heterocycles. The molecule has 0 spiro atoms. The van der Waals surface area contributed by atoms with E-state index in [2.05, 4.69) is 5.32 Å². The van der Waals surface area contributed by atoms with Gasteiger partial charge in [-0.05, 0) is 49.8 Å². The van der Waals surface area contributed by atoms with Crippen molar-refractivity contribution in [2.24, 2.45) is 0 Å². The minimum absolute atomic E-state index is 0.178.